The van der Waals surface area contributed by atoms with E-state index in [0.717, 1.165) is 28.3 Å². The molecule has 0 amide bonds. The third-order valence-electron chi connectivity index (χ3n) is 6.21. The number of ether oxygens (including phenoxy) is 2. The van der Waals surface area contributed by atoms with Crippen LogP contribution < -0.4 is 4.74 Å². The van der Waals surface area contributed by atoms with E-state index in [1.165, 1.54) is 44.8 Å². The highest BCUT2D eigenvalue weighted by atomic mass is 16.5. The fraction of sp³-hybridized carbons (Fsp3) is 0.407. The van der Waals surface area contributed by atoms with Gasteiger partial charge in [-0.3, -0.25) is 4.79 Å². The van der Waals surface area contributed by atoms with E-state index in [9.17, 15) is 4.79 Å². The Hall–Kier alpha value is -3.08. The van der Waals surface area contributed by atoms with Gasteiger partial charge in [0.1, 0.15) is 11.5 Å². The Labute approximate surface area is 189 Å². The van der Waals surface area contributed by atoms with Gasteiger partial charge in [0.25, 0.3) is 0 Å². The molecule has 168 valence electrons. The Bertz CT molecular complexity index is 1030. The largest absolute Gasteiger partial charge is 0.493 e. The molecule has 4 rings (SSSR count). The number of esters is 1. The summed E-state index contributed by atoms with van der Waals surface area (Å²) in [5.74, 6) is 2.64. The molecule has 2 aromatic carbocycles. The van der Waals surface area contributed by atoms with Crippen molar-refractivity contribution in [2.24, 2.45) is 0 Å². The Balaban J connectivity index is 1.35. The lowest BCUT2D eigenvalue weighted by atomic mass is 9.84. The first-order valence-corrected chi connectivity index (χ1v) is 11.5. The number of carbonyl (C=O) groups excluding carboxylic acids is 1. The maximum absolute atomic E-state index is 11.5. The number of hydrogen-bond acceptors (Lipinski definition) is 5. The third-order valence-corrected chi connectivity index (χ3v) is 6.21. The summed E-state index contributed by atoms with van der Waals surface area (Å²) in [6.07, 6.45) is 7.53. The minimum atomic E-state index is -0.264. The SMILES string of the molecule is COC(=O)Cc1cccc(OCCc2nc(-c3ccc(C4CCCCC4)cc3)oc2C)c1. The topological polar surface area (TPSA) is 61.6 Å². The van der Waals surface area contributed by atoms with Crippen LogP contribution in [0.5, 0.6) is 5.75 Å². The van der Waals surface area contributed by atoms with Crippen molar-refractivity contribution in [3.05, 3.63) is 71.1 Å². The van der Waals surface area contributed by atoms with Crippen LogP contribution in [-0.2, 0) is 22.4 Å². The number of benzene rings is 2. The molecule has 1 aliphatic rings. The molecule has 0 aliphatic heterocycles. The summed E-state index contributed by atoms with van der Waals surface area (Å²) in [4.78, 5) is 16.2. The van der Waals surface area contributed by atoms with Gasteiger partial charge in [0.2, 0.25) is 5.89 Å². The van der Waals surface area contributed by atoms with Crippen LogP contribution in [0.25, 0.3) is 11.5 Å². The van der Waals surface area contributed by atoms with Gasteiger partial charge in [0.15, 0.2) is 0 Å². The summed E-state index contributed by atoms with van der Waals surface area (Å²) in [5, 5.41) is 0. The molecule has 3 aromatic rings. The predicted molar refractivity (Wildman–Crippen MR) is 124 cm³/mol. The quantitative estimate of drug-likeness (QED) is 0.406. The number of methoxy groups -OCH3 is 1. The highest BCUT2D eigenvalue weighted by Gasteiger charge is 2.16. The lowest BCUT2D eigenvalue weighted by Gasteiger charge is -2.21. The number of carbonyl (C=O) groups is 1. The first-order valence-electron chi connectivity index (χ1n) is 11.5. The standard InChI is InChI=1S/C27H31NO4/c1-19-25(15-16-31-24-10-6-7-20(17-24)18-26(29)30-2)28-27(32-19)23-13-11-22(12-14-23)21-8-4-3-5-9-21/h6-7,10-14,17,21H,3-5,8-9,15-16,18H2,1-2H3. The van der Waals surface area contributed by atoms with Gasteiger partial charge in [-0.25, -0.2) is 4.98 Å². The van der Waals surface area contributed by atoms with Gasteiger partial charge in [0, 0.05) is 12.0 Å². The van der Waals surface area contributed by atoms with Gasteiger partial charge in [-0.1, -0.05) is 43.5 Å². The van der Waals surface area contributed by atoms with E-state index in [2.05, 4.69) is 24.3 Å². The highest BCUT2D eigenvalue weighted by Crippen LogP contribution is 2.33. The number of hydrogen-bond donors (Lipinski definition) is 0. The lowest BCUT2D eigenvalue weighted by Crippen LogP contribution is -2.06. The fourth-order valence-corrected chi connectivity index (χ4v) is 4.37. The van der Waals surface area contributed by atoms with Crippen molar-refractivity contribution < 1.29 is 18.7 Å². The number of oxazole rings is 1. The molecule has 1 aromatic heterocycles. The van der Waals surface area contributed by atoms with E-state index >= 15 is 0 Å². The van der Waals surface area contributed by atoms with Crippen LogP contribution in [0, 0.1) is 6.92 Å². The van der Waals surface area contributed by atoms with Crippen molar-refractivity contribution in [3.8, 4) is 17.2 Å². The number of nitrogens with zero attached hydrogens (tertiary/aromatic N) is 1. The zero-order valence-corrected chi connectivity index (χ0v) is 18.9. The molecule has 1 fully saturated rings. The van der Waals surface area contributed by atoms with Gasteiger partial charge in [-0.2, -0.15) is 0 Å². The van der Waals surface area contributed by atoms with Gasteiger partial charge < -0.3 is 13.9 Å². The highest BCUT2D eigenvalue weighted by molar-refractivity contribution is 5.72. The third kappa shape index (κ3) is 5.58. The number of rotatable bonds is 8. The van der Waals surface area contributed by atoms with Crippen molar-refractivity contribution in [2.45, 2.75) is 57.8 Å². The van der Waals surface area contributed by atoms with E-state index in [-0.39, 0.29) is 12.4 Å². The van der Waals surface area contributed by atoms with Gasteiger partial charge in [-0.15, -0.1) is 0 Å². The molecule has 32 heavy (non-hydrogen) atoms. The molecule has 5 heteroatoms. The summed E-state index contributed by atoms with van der Waals surface area (Å²) in [6, 6.07) is 16.2. The molecule has 1 saturated carbocycles. The van der Waals surface area contributed by atoms with Gasteiger partial charge in [0.05, 0.1) is 25.8 Å². The van der Waals surface area contributed by atoms with Crippen LogP contribution in [0.15, 0.2) is 52.9 Å². The Morgan fingerprint density at radius 3 is 2.62 bits per heavy atom. The van der Waals surface area contributed by atoms with Crippen molar-refractivity contribution in [1.82, 2.24) is 4.98 Å². The monoisotopic (exact) mass is 433 g/mol. The summed E-state index contributed by atoms with van der Waals surface area (Å²) < 4.78 is 16.6. The predicted octanol–water partition coefficient (Wildman–Crippen LogP) is 6.03. The lowest BCUT2D eigenvalue weighted by molar-refractivity contribution is -0.139. The zero-order chi connectivity index (χ0) is 22.3. The molecule has 0 radical (unpaired) electrons. The van der Waals surface area contributed by atoms with Crippen molar-refractivity contribution >= 4 is 5.97 Å². The summed E-state index contributed by atoms with van der Waals surface area (Å²) in [5.41, 5.74) is 4.21. The van der Waals surface area contributed by atoms with E-state index in [1.54, 1.807) is 0 Å². The molecular weight excluding hydrogens is 402 g/mol. The first kappa shape index (κ1) is 22.1. The molecule has 1 heterocycles. The number of aromatic nitrogens is 1. The molecule has 0 atom stereocenters. The van der Waals surface area contributed by atoms with E-state index in [0.29, 0.717) is 24.8 Å². The second-order valence-corrected chi connectivity index (χ2v) is 8.48. The van der Waals surface area contributed by atoms with E-state index in [4.69, 9.17) is 18.9 Å². The number of aryl methyl sites for hydroxylation is 1. The van der Waals surface area contributed by atoms with Gasteiger partial charge in [-0.05, 0) is 61.1 Å². The van der Waals surface area contributed by atoms with Crippen molar-refractivity contribution in [1.29, 1.82) is 0 Å². The average molecular weight is 434 g/mol. The molecule has 0 N–H and O–H groups in total. The minimum Gasteiger partial charge on any atom is -0.493 e. The normalized spacial score (nSPS) is 14.3. The summed E-state index contributed by atoms with van der Waals surface area (Å²) in [7, 11) is 1.39. The molecular formula is C27H31NO4. The molecule has 0 saturated heterocycles. The Morgan fingerprint density at radius 1 is 1.09 bits per heavy atom. The Kier molecular flexibility index (Phi) is 7.25. The van der Waals surface area contributed by atoms with Crippen LogP contribution in [0.1, 0.15) is 60.6 Å². The molecule has 0 unspecified atom stereocenters. The fourth-order valence-electron chi connectivity index (χ4n) is 4.37. The zero-order valence-electron chi connectivity index (χ0n) is 18.9. The van der Waals surface area contributed by atoms with E-state index < -0.39 is 0 Å². The van der Waals surface area contributed by atoms with Crippen LogP contribution in [-0.4, -0.2) is 24.7 Å². The second-order valence-electron chi connectivity index (χ2n) is 8.48. The van der Waals surface area contributed by atoms with Crippen LogP contribution in [0.4, 0.5) is 0 Å². The van der Waals surface area contributed by atoms with Crippen molar-refractivity contribution in [2.75, 3.05) is 13.7 Å². The Morgan fingerprint density at radius 2 is 1.88 bits per heavy atom. The summed E-state index contributed by atoms with van der Waals surface area (Å²) >= 11 is 0. The maximum Gasteiger partial charge on any atom is 0.309 e. The van der Waals surface area contributed by atoms with Crippen LogP contribution in [0.3, 0.4) is 0 Å². The minimum absolute atomic E-state index is 0.235. The summed E-state index contributed by atoms with van der Waals surface area (Å²) in [6.45, 7) is 2.42. The van der Waals surface area contributed by atoms with Crippen LogP contribution >= 0.6 is 0 Å². The van der Waals surface area contributed by atoms with E-state index in [1.807, 2.05) is 31.2 Å². The smallest absolute Gasteiger partial charge is 0.309 e. The molecule has 0 spiro atoms. The van der Waals surface area contributed by atoms with Crippen LogP contribution in [0.2, 0.25) is 0 Å². The first-order chi connectivity index (χ1) is 15.6. The van der Waals surface area contributed by atoms with Gasteiger partial charge >= 0.3 is 5.97 Å². The molecule has 1 aliphatic carbocycles. The molecule has 0 bridgehead atoms. The second kappa shape index (κ2) is 10.5. The maximum atomic E-state index is 11.5. The van der Waals surface area contributed by atoms with Crippen molar-refractivity contribution in [3.63, 3.8) is 0 Å². The molecule has 5 nitrogen and oxygen atoms in total. The average Bonchev–Trinajstić information content (AvgIpc) is 3.20.